The number of amides is 3. The molecule has 1 aliphatic carbocycles. The van der Waals surface area contributed by atoms with E-state index in [9.17, 15) is 14.4 Å². The summed E-state index contributed by atoms with van der Waals surface area (Å²) < 4.78 is 6.83. The van der Waals surface area contributed by atoms with Gasteiger partial charge in [-0.2, -0.15) is 0 Å². The first-order valence-corrected chi connectivity index (χ1v) is 11.5. The Bertz CT molecular complexity index is 1250. The number of halogens is 1. The molecule has 2 N–H and O–H groups in total. The molecule has 9 nitrogen and oxygen atoms in total. The molecular weight excluding hydrogens is 458 g/mol. The van der Waals surface area contributed by atoms with E-state index in [1.54, 1.807) is 34.6 Å². The van der Waals surface area contributed by atoms with Crippen molar-refractivity contribution in [3.63, 3.8) is 0 Å². The number of carbonyl (C=O) groups excluding carboxylic acids is 3. The van der Waals surface area contributed by atoms with Crippen LogP contribution in [0.5, 0.6) is 0 Å². The number of hydrogen-bond donors (Lipinski definition) is 2. The third kappa shape index (κ3) is 3.96. The summed E-state index contributed by atoms with van der Waals surface area (Å²) in [6.45, 7) is 2.38. The van der Waals surface area contributed by atoms with Crippen LogP contribution in [0.15, 0.2) is 53.4 Å². The number of nitrogens with one attached hydrogen (secondary N) is 2. The molecule has 176 valence electrons. The maximum Gasteiger partial charge on any atom is 0.274 e. The quantitative estimate of drug-likeness (QED) is 0.539. The summed E-state index contributed by atoms with van der Waals surface area (Å²) in [5.74, 6) is -0.531. The standard InChI is InChI=1S/C24H24ClN5O4/c1-24(23(33)27-11-15-5-2-3-7-18(15)25)13-29-14-28-19(20(29)22(32)30(24)16-8-9-16)21(31)26-12-17-6-4-10-34-17/h2-7,10,14,16H,8-9,11-13H2,1H3,(H,26,31)(H,27,33). The van der Waals surface area contributed by atoms with E-state index < -0.39 is 11.4 Å². The molecule has 2 aromatic heterocycles. The van der Waals surface area contributed by atoms with Crippen molar-refractivity contribution >= 4 is 29.3 Å². The van der Waals surface area contributed by atoms with Gasteiger partial charge in [0, 0.05) is 17.6 Å². The maximum atomic E-state index is 13.6. The van der Waals surface area contributed by atoms with Gasteiger partial charge < -0.3 is 24.5 Å². The number of carbonyl (C=O) groups is 3. The number of rotatable bonds is 7. The van der Waals surface area contributed by atoms with E-state index in [0.717, 1.165) is 18.4 Å². The number of imidazole rings is 1. The largest absolute Gasteiger partial charge is 0.467 e. The molecule has 1 aliphatic heterocycles. The number of aromatic nitrogens is 2. The Morgan fingerprint density at radius 2 is 1.97 bits per heavy atom. The van der Waals surface area contributed by atoms with Gasteiger partial charge >= 0.3 is 0 Å². The molecule has 1 aromatic carbocycles. The lowest BCUT2D eigenvalue weighted by Crippen LogP contribution is -2.64. The summed E-state index contributed by atoms with van der Waals surface area (Å²) >= 11 is 6.23. The van der Waals surface area contributed by atoms with Gasteiger partial charge in [-0.05, 0) is 43.5 Å². The number of fused-ring (bicyclic) bond motifs is 1. The van der Waals surface area contributed by atoms with Crippen molar-refractivity contribution in [2.75, 3.05) is 0 Å². The normalized spacial score (nSPS) is 19.6. The number of benzene rings is 1. The number of furan rings is 1. The van der Waals surface area contributed by atoms with Crippen molar-refractivity contribution < 1.29 is 18.8 Å². The zero-order valence-electron chi connectivity index (χ0n) is 18.6. The molecule has 1 unspecified atom stereocenters. The van der Waals surface area contributed by atoms with Gasteiger partial charge in [0.2, 0.25) is 5.91 Å². The third-order valence-corrected chi connectivity index (χ3v) is 6.65. The van der Waals surface area contributed by atoms with Crippen LogP contribution in [0.25, 0.3) is 0 Å². The van der Waals surface area contributed by atoms with E-state index in [1.807, 2.05) is 18.2 Å². The Labute approximate surface area is 201 Å². The molecule has 3 aromatic rings. The van der Waals surface area contributed by atoms with Crippen LogP contribution in [-0.4, -0.2) is 43.8 Å². The highest BCUT2D eigenvalue weighted by molar-refractivity contribution is 6.31. The molecule has 5 rings (SSSR count). The summed E-state index contributed by atoms with van der Waals surface area (Å²) in [6, 6.07) is 10.7. The summed E-state index contributed by atoms with van der Waals surface area (Å²) in [6.07, 6.45) is 4.59. The minimum atomic E-state index is -1.13. The molecule has 10 heteroatoms. The second kappa shape index (κ2) is 8.64. The van der Waals surface area contributed by atoms with Gasteiger partial charge in [-0.25, -0.2) is 4.98 Å². The van der Waals surface area contributed by atoms with Gasteiger partial charge in [-0.15, -0.1) is 0 Å². The fourth-order valence-corrected chi connectivity index (χ4v) is 4.60. The molecule has 3 heterocycles. The van der Waals surface area contributed by atoms with E-state index in [4.69, 9.17) is 16.0 Å². The van der Waals surface area contributed by atoms with Crippen LogP contribution in [0.3, 0.4) is 0 Å². The fraction of sp³-hybridized carbons (Fsp3) is 0.333. The average molecular weight is 482 g/mol. The van der Waals surface area contributed by atoms with Crippen LogP contribution < -0.4 is 10.6 Å². The van der Waals surface area contributed by atoms with Crippen LogP contribution in [0.4, 0.5) is 0 Å². The minimum absolute atomic E-state index is 0.0423. The van der Waals surface area contributed by atoms with Crippen LogP contribution in [0.2, 0.25) is 5.02 Å². The minimum Gasteiger partial charge on any atom is -0.467 e. The maximum absolute atomic E-state index is 13.6. The van der Waals surface area contributed by atoms with E-state index in [1.165, 1.54) is 12.6 Å². The molecule has 2 aliphatic rings. The summed E-state index contributed by atoms with van der Waals surface area (Å²) in [5, 5.41) is 6.24. The van der Waals surface area contributed by atoms with Crippen molar-refractivity contribution in [2.45, 2.75) is 51.0 Å². The van der Waals surface area contributed by atoms with E-state index in [-0.39, 0.29) is 48.9 Å². The summed E-state index contributed by atoms with van der Waals surface area (Å²) in [5.41, 5.74) is -0.101. The molecule has 1 saturated carbocycles. The van der Waals surface area contributed by atoms with Crippen LogP contribution in [0, 0.1) is 0 Å². The lowest BCUT2D eigenvalue weighted by Gasteiger charge is -2.44. The monoisotopic (exact) mass is 481 g/mol. The first-order valence-electron chi connectivity index (χ1n) is 11.1. The Balaban J connectivity index is 1.38. The highest BCUT2D eigenvalue weighted by Gasteiger charge is 2.53. The third-order valence-electron chi connectivity index (χ3n) is 6.29. The van der Waals surface area contributed by atoms with Gasteiger partial charge in [0.1, 0.15) is 17.0 Å². The lowest BCUT2D eigenvalue weighted by atomic mass is 9.93. The van der Waals surface area contributed by atoms with E-state index in [2.05, 4.69) is 15.6 Å². The van der Waals surface area contributed by atoms with Gasteiger partial charge in [0.15, 0.2) is 5.69 Å². The SMILES string of the molecule is CC1(C(=O)NCc2ccccc2Cl)Cn2cnc(C(=O)NCc3ccco3)c2C(=O)N1C1CC1. The van der Waals surface area contributed by atoms with Gasteiger partial charge in [0.25, 0.3) is 11.8 Å². The molecule has 34 heavy (non-hydrogen) atoms. The van der Waals surface area contributed by atoms with Gasteiger partial charge in [-0.3, -0.25) is 14.4 Å². The molecule has 1 fully saturated rings. The Morgan fingerprint density at radius 3 is 2.68 bits per heavy atom. The molecule has 0 bridgehead atoms. The molecule has 0 spiro atoms. The molecule has 0 radical (unpaired) electrons. The van der Waals surface area contributed by atoms with Crippen molar-refractivity contribution in [1.82, 2.24) is 25.1 Å². The average Bonchev–Trinajstić information content (AvgIpc) is 3.32. The molecule has 0 saturated heterocycles. The second-order valence-electron chi connectivity index (χ2n) is 8.79. The van der Waals surface area contributed by atoms with E-state index >= 15 is 0 Å². The first kappa shape index (κ1) is 22.2. The van der Waals surface area contributed by atoms with Crippen molar-refractivity contribution in [3.05, 3.63) is 76.7 Å². The molecular formula is C24H24ClN5O4. The zero-order chi connectivity index (χ0) is 23.9. The van der Waals surface area contributed by atoms with Crippen molar-refractivity contribution in [3.8, 4) is 0 Å². The van der Waals surface area contributed by atoms with Crippen molar-refractivity contribution in [2.24, 2.45) is 0 Å². The zero-order valence-corrected chi connectivity index (χ0v) is 19.3. The van der Waals surface area contributed by atoms with Crippen LogP contribution in [0.1, 0.15) is 52.1 Å². The van der Waals surface area contributed by atoms with Gasteiger partial charge in [-0.1, -0.05) is 29.8 Å². The summed E-state index contributed by atoms with van der Waals surface area (Å²) in [7, 11) is 0. The predicted octanol–water partition coefficient (Wildman–Crippen LogP) is 2.75. The smallest absolute Gasteiger partial charge is 0.274 e. The van der Waals surface area contributed by atoms with Crippen LogP contribution >= 0.6 is 11.6 Å². The van der Waals surface area contributed by atoms with Gasteiger partial charge in [0.05, 0.1) is 25.7 Å². The lowest BCUT2D eigenvalue weighted by molar-refractivity contribution is -0.133. The Kier molecular flexibility index (Phi) is 5.65. The topological polar surface area (TPSA) is 109 Å². The highest BCUT2D eigenvalue weighted by Crippen LogP contribution is 2.39. The second-order valence-corrected chi connectivity index (χ2v) is 9.19. The molecule has 3 amide bonds. The number of hydrogen-bond acceptors (Lipinski definition) is 5. The van der Waals surface area contributed by atoms with E-state index in [0.29, 0.717) is 10.8 Å². The predicted molar refractivity (Wildman–Crippen MR) is 123 cm³/mol. The summed E-state index contributed by atoms with van der Waals surface area (Å²) in [4.78, 5) is 45.7. The first-order chi connectivity index (χ1) is 16.4. The van der Waals surface area contributed by atoms with Crippen molar-refractivity contribution in [1.29, 1.82) is 0 Å². The Hall–Kier alpha value is -3.59. The molecule has 1 atom stereocenters. The highest BCUT2D eigenvalue weighted by atomic mass is 35.5. The fourth-order valence-electron chi connectivity index (χ4n) is 4.39. The number of nitrogens with zero attached hydrogens (tertiary/aromatic N) is 3. The Morgan fingerprint density at radius 1 is 1.18 bits per heavy atom. The van der Waals surface area contributed by atoms with Crippen LogP contribution in [-0.2, 0) is 24.4 Å².